The van der Waals surface area contributed by atoms with E-state index >= 15 is 0 Å². The van der Waals surface area contributed by atoms with E-state index in [9.17, 15) is 0 Å². The van der Waals surface area contributed by atoms with Gasteiger partial charge in [0.1, 0.15) is 0 Å². The molecule has 1 unspecified atom stereocenters. The van der Waals surface area contributed by atoms with Crippen LogP contribution < -0.4 is 0 Å². The zero-order valence-electron chi connectivity index (χ0n) is 8.07. The van der Waals surface area contributed by atoms with Gasteiger partial charge in [0.2, 0.25) is 0 Å². The van der Waals surface area contributed by atoms with E-state index in [0.29, 0.717) is 5.41 Å². The normalized spacial score (nSPS) is 15.3. The molecule has 0 saturated heterocycles. The Hall–Kier alpha value is 0. The molecule has 0 rings (SSSR count). The second-order valence-corrected chi connectivity index (χ2v) is 4.41. The predicted octanol–water partition coefficient (Wildman–Crippen LogP) is 3.67. The fourth-order valence-corrected chi connectivity index (χ4v) is 0.827. The van der Waals surface area contributed by atoms with Gasteiger partial charge in [0.15, 0.2) is 0 Å². The molecule has 0 heterocycles. The third-order valence-electron chi connectivity index (χ3n) is 1.92. The molecule has 1 atom stereocenters. The van der Waals surface area contributed by atoms with E-state index < -0.39 is 0 Å². The minimum absolute atomic E-state index is 0.511. The molecular weight excluding hydrogens is 120 g/mol. The van der Waals surface area contributed by atoms with Crippen molar-refractivity contribution in [2.45, 2.75) is 47.5 Å². The van der Waals surface area contributed by atoms with Gasteiger partial charge in [0, 0.05) is 0 Å². The minimum Gasteiger partial charge on any atom is -0.0622 e. The molecule has 0 fully saturated rings. The maximum Gasteiger partial charge on any atom is -0.0383 e. The van der Waals surface area contributed by atoms with Crippen molar-refractivity contribution in [3.63, 3.8) is 0 Å². The summed E-state index contributed by atoms with van der Waals surface area (Å²) < 4.78 is 0. The smallest absolute Gasteiger partial charge is 0.0383 e. The molecule has 0 heteroatoms. The molecule has 0 aromatic heterocycles. The molecule has 0 aliphatic carbocycles. The highest BCUT2D eigenvalue weighted by atomic mass is 14.2. The van der Waals surface area contributed by atoms with E-state index in [-0.39, 0.29) is 0 Å². The molecule has 61 valence electrons. The van der Waals surface area contributed by atoms with Crippen LogP contribution in [0.5, 0.6) is 0 Å². The lowest BCUT2D eigenvalue weighted by molar-refractivity contribution is 0.342. The van der Waals surface area contributed by atoms with E-state index in [0.717, 1.165) is 5.92 Å². The van der Waals surface area contributed by atoms with E-state index in [1.165, 1.54) is 12.8 Å². The Morgan fingerprint density at radius 2 is 1.80 bits per heavy atom. The summed E-state index contributed by atoms with van der Waals surface area (Å²) in [5, 5.41) is 0. The molecule has 1 radical (unpaired) electrons. The van der Waals surface area contributed by atoms with E-state index in [2.05, 4.69) is 41.0 Å². The summed E-state index contributed by atoms with van der Waals surface area (Å²) in [4.78, 5) is 0. The van der Waals surface area contributed by atoms with Gasteiger partial charge in [-0.2, -0.15) is 0 Å². The van der Waals surface area contributed by atoms with E-state index in [1.807, 2.05) is 0 Å². The average Bonchev–Trinajstić information content (AvgIpc) is 1.81. The van der Waals surface area contributed by atoms with Crippen LogP contribution >= 0.6 is 0 Å². The van der Waals surface area contributed by atoms with Crippen LogP contribution in [0.4, 0.5) is 0 Å². The first-order valence-electron chi connectivity index (χ1n) is 4.25. The van der Waals surface area contributed by atoms with Crippen molar-refractivity contribution in [2.75, 3.05) is 0 Å². The molecule has 0 aliphatic rings. The molecule has 10 heavy (non-hydrogen) atoms. The highest BCUT2D eigenvalue weighted by Crippen LogP contribution is 2.23. The van der Waals surface area contributed by atoms with Gasteiger partial charge in [-0.1, -0.05) is 34.6 Å². The number of rotatable bonds is 3. The van der Waals surface area contributed by atoms with Gasteiger partial charge in [-0.25, -0.2) is 0 Å². The first kappa shape index (κ1) is 10.0. The monoisotopic (exact) mass is 141 g/mol. The number of hydrogen-bond acceptors (Lipinski definition) is 0. The first-order chi connectivity index (χ1) is 4.45. The second kappa shape index (κ2) is 4.00. The summed E-state index contributed by atoms with van der Waals surface area (Å²) in [6, 6.07) is 0. The van der Waals surface area contributed by atoms with E-state index in [1.54, 1.807) is 0 Å². The molecule has 0 N–H and O–H groups in total. The molecule has 0 amide bonds. The van der Waals surface area contributed by atoms with Crippen LogP contribution in [-0.2, 0) is 0 Å². The van der Waals surface area contributed by atoms with Gasteiger partial charge in [0.05, 0.1) is 0 Å². The Kier molecular flexibility index (Phi) is 4.00. The van der Waals surface area contributed by atoms with Crippen molar-refractivity contribution < 1.29 is 0 Å². The van der Waals surface area contributed by atoms with Crippen molar-refractivity contribution in [1.29, 1.82) is 0 Å². The predicted molar refractivity (Wildman–Crippen MR) is 47.8 cm³/mol. The second-order valence-electron chi connectivity index (χ2n) is 4.41. The lowest BCUT2D eigenvalue weighted by Gasteiger charge is -2.19. The Morgan fingerprint density at radius 3 is 2.10 bits per heavy atom. The maximum atomic E-state index is 2.30. The summed E-state index contributed by atoms with van der Waals surface area (Å²) >= 11 is 0. The summed E-state index contributed by atoms with van der Waals surface area (Å²) in [6.07, 6.45) is 4.95. The molecule has 0 aromatic rings. The van der Waals surface area contributed by atoms with Crippen LogP contribution in [0.2, 0.25) is 0 Å². The van der Waals surface area contributed by atoms with Gasteiger partial charge in [0.25, 0.3) is 0 Å². The topological polar surface area (TPSA) is 0 Å². The zero-order valence-corrected chi connectivity index (χ0v) is 8.07. The van der Waals surface area contributed by atoms with Crippen molar-refractivity contribution >= 4 is 0 Å². The van der Waals surface area contributed by atoms with Crippen LogP contribution in [0.15, 0.2) is 0 Å². The summed E-state index contributed by atoms with van der Waals surface area (Å²) in [6.45, 7) is 11.3. The van der Waals surface area contributed by atoms with Crippen LogP contribution in [-0.4, -0.2) is 0 Å². The highest BCUT2D eigenvalue weighted by molar-refractivity contribution is 4.70. The third kappa shape index (κ3) is 6.12. The van der Waals surface area contributed by atoms with Gasteiger partial charge < -0.3 is 0 Å². The number of hydrogen-bond donors (Lipinski definition) is 0. The fraction of sp³-hybridized carbons (Fsp3) is 0.900. The standard InChI is InChI=1S/C10H21/c1-6-9(2)7-8-10(3,4)5/h6,9H,7-8H2,1-5H3. The Morgan fingerprint density at radius 1 is 1.30 bits per heavy atom. The highest BCUT2D eigenvalue weighted by Gasteiger charge is 2.11. The summed E-state index contributed by atoms with van der Waals surface area (Å²) in [7, 11) is 0. The van der Waals surface area contributed by atoms with Gasteiger partial charge in [-0.3, -0.25) is 0 Å². The molecular formula is C10H21. The first-order valence-corrected chi connectivity index (χ1v) is 4.25. The lowest BCUT2D eigenvalue weighted by Crippen LogP contribution is -2.07. The van der Waals surface area contributed by atoms with Crippen molar-refractivity contribution in [3.8, 4) is 0 Å². The van der Waals surface area contributed by atoms with Gasteiger partial charge >= 0.3 is 0 Å². The van der Waals surface area contributed by atoms with Crippen molar-refractivity contribution in [3.05, 3.63) is 6.42 Å². The SMILES string of the molecule is C[CH]C(C)CCC(C)(C)C. The van der Waals surface area contributed by atoms with Gasteiger partial charge in [-0.05, 0) is 30.6 Å². The largest absolute Gasteiger partial charge is 0.0622 e. The quantitative estimate of drug-likeness (QED) is 0.562. The van der Waals surface area contributed by atoms with Crippen LogP contribution in [0.1, 0.15) is 47.5 Å². The Labute approximate surface area is 66.0 Å². The third-order valence-corrected chi connectivity index (χ3v) is 1.92. The molecule has 0 nitrogen and oxygen atoms in total. The van der Waals surface area contributed by atoms with Crippen LogP contribution in [0.25, 0.3) is 0 Å². The van der Waals surface area contributed by atoms with Gasteiger partial charge in [-0.15, -0.1) is 0 Å². The lowest BCUT2D eigenvalue weighted by atomic mass is 9.86. The van der Waals surface area contributed by atoms with Crippen LogP contribution in [0, 0.1) is 17.8 Å². The fourth-order valence-electron chi connectivity index (χ4n) is 0.827. The van der Waals surface area contributed by atoms with Crippen molar-refractivity contribution in [1.82, 2.24) is 0 Å². The Bertz CT molecular complexity index is 76.5. The maximum absolute atomic E-state index is 2.30. The molecule has 0 aliphatic heterocycles. The molecule has 0 bridgehead atoms. The van der Waals surface area contributed by atoms with Crippen LogP contribution in [0.3, 0.4) is 0 Å². The summed E-state index contributed by atoms with van der Waals surface area (Å²) in [5.74, 6) is 0.791. The average molecular weight is 141 g/mol. The minimum atomic E-state index is 0.511. The Balaban J connectivity index is 3.36. The molecule has 0 saturated carbocycles. The molecule has 0 aromatic carbocycles. The molecule has 0 spiro atoms. The summed E-state index contributed by atoms with van der Waals surface area (Å²) in [5.41, 5.74) is 0.511. The zero-order chi connectivity index (χ0) is 8.20. The van der Waals surface area contributed by atoms with E-state index in [4.69, 9.17) is 0 Å². The van der Waals surface area contributed by atoms with Crippen molar-refractivity contribution in [2.24, 2.45) is 11.3 Å².